The minimum Gasteiger partial charge on any atom is -0.337 e. The Labute approximate surface area is 99.0 Å². The number of nitrogens with one attached hydrogen (secondary N) is 1. The first-order valence-electron chi connectivity index (χ1n) is 3.55. The molecule has 0 aliphatic heterocycles. The van der Waals surface area contributed by atoms with Crippen molar-refractivity contribution in [2.45, 2.75) is 0 Å². The Morgan fingerprint density at radius 3 is 2.57 bits per heavy atom. The molecule has 2 heterocycles. The maximum Gasteiger partial charge on any atom is 0.182 e. The minimum atomic E-state index is 0. The van der Waals surface area contributed by atoms with Crippen LogP contribution in [0.15, 0.2) is 36.8 Å². The second-order valence-corrected chi connectivity index (χ2v) is 2.71. The predicted molar refractivity (Wildman–Crippen MR) is 63.2 cm³/mol. The third-order valence-electron chi connectivity index (χ3n) is 1.55. The highest BCUT2D eigenvalue weighted by Gasteiger charge is 1.95. The van der Waals surface area contributed by atoms with Crippen LogP contribution in [-0.4, -0.2) is 14.5 Å². The highest BCUT2D eigenvalue weighted by Crippen LogP contribution is 2.02. The van der Waals surface area contributed by atoms with E-state index in [9.17, 15) is 0 Å². The van der Waals surface area contributed by atoms with Crippen LogP contribution in [0, 0.1) is 4.77 Å². The third-order valence-corrected chi connectivity index (χ3v) is 1.86. The molecule has 0 bridgehead atoms. The van der Waals surface area contributed by atoms with E-state index in [0.717, 1.165) is 5.82 Å². The topological polar surface area (TPSA) is 33.6 Å². The largest absolute Gasteiger partial charge is 0.337 e. The van der Waals surface area contributed by atoms with Crippen LogP contribution in [-0.2, 0) is 0 Å². The van der Waals surface area contributed by atoms with Gasteiger partial charge in [-0.25, -0.2) is 4.98 Å². The number of hydrogen-bond donors (Lipinski definition) is 1. The number of nitrogens with zero attached hydrogens (tertiary/aromatic N) is 2. The number of hydrogen-bond acceptors (Lipinski definition) is 2. The molecule has 0 radical (unpaired) electrons. The Hall–Kier alpha value is -0.840. The quantitative estimate of drug-likeness (QED) is 0.789. The standard InChI is InChI=1S/C8H7N3S.2ClH/c12-8-10-5-6-11(8)7-3-1-2-4-9-7;;/h1-6H,(H,10,12);2*1H. The number of pyridine rings is 1. The zero-order valence-corrected chi connectivity index (χ0v) is 9.53. The van der Waals surface area contributed by atoms with E-state index in [-0.39, 0.29) is 24.8 Å². The SMILES string of the molecule is Cl.Cl.S=c1[nH]ccn1-c1ccccn1. The van der Waals surface area contributed by atoms with Gasteiger partial charge in [-0.1, -0.05) is 6.07 Å². The first-order chi connectivity index (χ1) is 5.88. The van der Waals surface area contributed by atoms with E-state index in [4.69, 9.17) is 12.2 Å². The molecule has 2 aromatic rings. The van der Waals surface area contributed by atoms with Crippen molar-refractivity contribution >= 4 is 37.0 Å². The smallest absolute Gasteiger partial charge is 0.182 e. The summed E-state index contributed by atoms with van der Waals surface area (Å²) in [6.07, 6.45) is 5.38. The van der Waals surface area contributed by atoms with E-state index in [2.05, 4.69) is 9.97 Å². The zero-order valence-electron chi connectivity index (χ0n) is 7.08. The highest BCUT2D eigenvalue weighted by atomic mass is 35.5. The molecule has 0 saturated heterocycles. The van der Waals surface area contributed by atoms with Gasteiger partial charge in [0.25, 0.3) is 0 Å². The molecule has 0 aliphatic carbocycles. The third kappa shape index (κ3) is 2.57. The van der Waals surface area contributed by atoms with Gasteiger partial charge >= 0.3 is 0 Å². The summed E-state index contributed by atoms with van der Waals surface area (Å²) in [7, 11) is 0. The number of aromatic amines is 1. The lowest BCUT2D eigenvalue weighted by Gasteiger charge is -1.97. The molecule has 3 nitrogen and oxygen atoms in total. The van der Waals surface area contributed by atoms with Gasteiger partial charge in [-0.3, -0.25) is 4.57 Å². The Balaban J connectivity index is 0.000000845. The van der Waals surface area contributed by atoms with E-state index in [0.29, 0.717) is 4.77 Å². The Bertz CT molecular complexity index is 423. The Morgan fingerprint density at radius 2 is 2.07 bits per heavy atom. The fourth-order valence-corrected chi connectivity index (χ4v) is 1.22. The minimum absolute atomic E-state index is 0. The van der Waals surface area contributed by atoms with Crippen LogP contribution < -0.4 is 0 Å². The van der Waals surface area contributed by atoms with E-state index >= 15 is 0 Å². The van der Waals surface area contributed by atoms with E-state index in [1.54, 1.807) is 12.4 Å². The van der Waals surface area contributed by atoms with Gasteiger partial charge < -0.3 is 4.98 Å². The maximum atomic E-state index is 5.03. The molecule has 14 heavy (non-hydrogen) atoms. The first-order valence-corrected chi connectivity index (χ1v) is 3.96. The summed E-state index contributed by atoms with van der Waals surface area (Å²) in [5.74, 6) is 0.837. The van der Waals surface area contributed by atoms with Gasteiger partial charge in [0.2, 0.25) is 0 Å². The number of aromatic nitrogens is 3. The van der Waals surface area contributed by atoms with Crippen molar-refractivity contribution < 1.29 is 0 Å². The molecule has 1 N–H and O–H groups in total. The highest BCUT2D eigenvalue weighted by molar-refractivity contribution is 7.71. The number of imidazole rings is 1. The predicted octanol–water partition coefficient (Wildman–Crippen LogP) is 2.77. The van der Waals surface area contributed by atoms with Crippen LogP contribution in [0.3, 0.4) is 0 Å². The number of halogens is 2. The fourth-order valence-electron chi connectivity index (χ4n) is 0.997. The second-order valence-electron chi connectivity index (χ2n) is 2.32. The number of rotatable bonds is 1. The van der Waals surface area contributed by atoms with Gasteiger partial charge in [-0.2, -0.15) is 0 Å². The van der Waals surface area contributed by atoms with E-state index < -0.39 is 0 Å². The monoisotopic (exact) mass is 249 g/mol. The molecule has 0 aromatic carbocycles. The van der Waals surface area contributed by atoms with Crippen molar-refractivity contribution in [3.63, 3.8) is 0 Å². The van der Waals surface area contributed by atoms with Crippen LogP contribution in [0.25, 0.3) is 5.82 Å². The molecule has 2 aromatic heterocycles. The van der Waals surface area contributed by atoms with Crippen LogP contribution in [0.2, 0.25) is 0 Å². The van der Waals surface area contributed by atoms with Gasteiger partial charge in [-0.05, 0) is 24.4 Å². The van der Waals surface area contributed by atoms with Crippen molar-refractivity contribution in [1.29, 1.82) is 0 Å². The molecule has 0 unspecified atom stereocenters. The molecule has 2 rings (SSSR count). The van der Waals surface area contributed by atoms with Crippen LogP contribution in [0.5, 0.6) is 0 Å². The maximum absolute atomic E-state index is 5.03. The molecule has 0 fully saturated rings. The molecule has 0 aliphatic rings. The van der Waals surface area contributed by atoms with E-state index in [1.807, 2.05) is 29.0 Å². The molecule has 6 heteroatoms. The lowest BCUT2D eigenvalue weighted by molar-refractivity contribution is 0.974. The molecule has 0 spiro atoms. The van der Waals surface area contributed by atoms with Crippen LogP contribution in [0.4, 0.5) is 0 Å². The van der Waals surface area contributed by atoms with Crippen molar-refractivity contribution in [2.75, 3.05) is 0 Å². The van der Waals surface area contributed by atoms with Gasteiger partial charge in [0.15, 0.2) is 4.77 Å². The number of H-pyrrole nitrogens is 1. The normalized spacial score (nSPS) is 8.57. The Kier molecular flexibility index (Phi) is 5.45. The van der Waals surface area contributed by atoms with Crippen molar-refractivity contribution in [2.24, 2.45) is 0 Å². The summed E-state index contributed by atoms with van der Waals surface area (Å²) < 4.78 is 2.48. The lowest BCUT2D eigenvalue weighted by atomic mass is 10.5. The summed E-state index contributed by atoms with van der Waals surface area (Å²) in [6.45, 7) is 0. The second kappa shape index (κ2) is 5.80. The van der Waals surface area contributed by atoms with Crippen molar-refractivity contribution in [3.8, 4) is 5.82 Å². The van der Waals surface area contributed by atoms with E-state index in [1.165, 1.54) is 0 Å². The lowest BCUT2D eigenvalue weighted by Crippen LogP contribution is -1.93. The molecule has 76 valence electrons. The fraction of sp³-hybridized carbons (Fsp3) is 0. The molecule has 0 amide bonds. The summed E-state index contributed by atoms with van der Waals surface area (Å²) in [5, 5.41) is 0. The van der Waals surface area contributed by atoms with Gasteiger partial charge in [0.1, 0.15) is 5.82 Å². The zero-order chi connectivity index (χ0) is 8.39. The first kappa shape index (κ1) is 13.2. The summed E-state index contributed by atoms with van der Waals surface area (Å²) in [4.78, 5) is 7.06. The average molecular weight is 250 g/mol. The van der Waals surface area contributed by atoms with Crippen molar-refractivity contribution in [1.82, 2.24) is 14.5 Å². The van der Waals surface area contributed by atoms with Crippen molar-refractivity contribution in [3.05, 3.63) is 41.6 Å². The summed E-state index contributed by atoms with van der Waals surface area (Å²) in [6, 6.07) is 5.71. The molecule has 0 saturated carbocycles. The molecular formula is C8H9Cl2N3S. The average Bonchev–Trinajstić information content (AvgIpc) is 2.53. The van der Waals surface area contributed by atoms with Crippen LogP contribution in [0.1, 0.15) is 0 Å². The molecule has 0 atom stereocenters. The van der Waals surface area contributed by atoms with Crippen LogP contribution >= 0.6 is 37.0 Å². The summed E-state index contributed by atoms with van der Waals surface area (Å²) >= 11 is 5.03. The Morgan fingerprint density at radius 1 is 1.29 bits per heavy atom. The summed E-state index contributed by atoms with van der Waals surface area (Å²) in [5.41, 5.74) is 0. The van der Waals surface area contributed by atoms with Gasteiger partial charge in [0, 0.05) is 18.6 Å². The molecular weight excluding hydrogens is 241 g/mol. The van der Waals surface area contributed by atoms with Gasteiger partial charge in [0.05, 0.1) is 0 Å². The van der Waals surface area contributed by atoms with Gasteiger partial charge in [-0.15, -0.1) is 24.8 Å².